The van der Waals surface area contributed by atoms with Crippen LogP contribution in [0.3, 0.4) is 0 Å². The van der Waals surface area contributed by atoms with Crippen LogP contribution in [0.15, 0.2) is 48.8 Å². The summed E-state index contributed by atoms with van der Waals surface area (Å²) in [5.74, 6) is 1.10. The second-order valence-corrected chi connectivity index (χ2v) is 10.4. The molecule has 1 aliphatic rings. The zero-order chi connectivity index (χ0) is 27.6. The first-order valence-electron chi connectivity index (χ1n) is 12.8. The number of halogens is 1. The zero-order valence-electron chi connectivity index (χ0n) is 22.5. The number of H-pyrrole nitrogens is 1. The quantitative estimate of drug-likeness (QED) is 0.358. The molecular weight excluding hydrogens is 501 g/mol. The molecule has 1 saturated heterocycles. The van der Waals surface area contributed by atoms with Crippen molar-refractivity contribution in [2.45, 2.75) is 32.9 Å². The molecule has 1 fully saturated rings. The van der Waals surface area contributed by atoms with Gasteiger partial charge in [0.1, 0.15) is 17.2 Å². The van der Waals surface area contributed by atoms with E-state index >= 15 is 0 Å². The third kappa shape index (κ3) is 6.43. The van der Waals surface area contributed by atoms with Gasteiger partial charge in [0.15, 0.2) is 0 Å². The first-order valence-corrected chi connectivity index (χ1v) is 12.8. The number of ether oxygens (including phenoxy) is 2. The van der Waals surface area contributed by atoms with E-state index < -0.39 is 11.4 Å². The lowest BCUT2D eigenvalue weighted by molar-refractivity contribution is 0.0139. The molecule has 1 aliphatic heterocycles. The third-order valence-corrected chi connectivity index (χ3v) is 6.33. The summed E-state index contributed by atoms with van der Waals surface area (Å²) in [5, 5.41) is 3.23. The molecule has 1 amide bonds. The number of amides is 1. The van der Waals surface area contributed by atoms with Gasteiger partial charge in [-0.1, -0.05) is 6.07 Å². The Bertz CT molecular complexity index is 1480. The number of fused-ring (bicyclic) bond motifs is 1. The predicted octanol–water partition coefficient (Wildman–Crippen LogP) is 4.96. The number of piperazine rings is 1. The number of hydrogen-bond donors (Lipinski definition) is 2. The Morgan fingerprint density at radius 3 is 2.64 bits per heavy atom. The topological polar surface area (TPSA) is 109 Å². The molecule has 0 saturated carbocycles. The van der Waals surface area contributed by atoms with Crippen molar-refractivity contribution in [2.75, 3.05) is 38.6 Å². The van der Waals surface area contributed by atoms with Crippen LogP contribution in [-0.4, -0.2) is 74.7 Å². The molecule has 5 rings (SSSR count). The van der Waals surface area contributed by atoms with Gasteiger partial charge < -0.3 is 24.7 Å². The largest absolute Gasteiger partial charge is 0.481 e. The zero-order valence-corrected chi connectivity index (χ0v) is 22.5. The summed E-state index contributed by atoms with van der Waals surface area (Å²) < 4.78 is 25.0. The number of benzene rings is 1. The molecule has 0 radical (unpaired) electrons. The van der Waals surface area contributed by atoms with Crippen LogP contribution in [0.4, 0.5) is 21.0 Å². The number of rotatable bonds is 6. The van der Waals surface area contributed by atoms with Gasteiger partial charge in [0, 0.05) is 50.6 Å². The number of nitrogens with one attached hydrogen (secondary N) is 2. The Morgan fingerprint density at radius 2 is 1.90 bits per heavy atom. The van der Waals surface area contributed by atoms with Crippen LogP contribution in [-0.2, 0) is 11.3 Å². The fraction of sp³-hybridized carbons (Fsp3) is 0.357. The monoisotopic (exact) mass is 533 g/mol. The van der Waals surface area contributed by atoms with Crippen LogP contribution in [0.5, 0.6) is 5.88 Å². The number of aromatic nitrogens is 4. The number of carbonyl (C=O) groups is 1. The second-order valence-electron chi connectivity index (χ2n) is 10.4. The van der Waals surface area contributed by atoms with E-state index in [1.807, 2.05) is 51.1 Å². The highest BCUT2D eigenvalue weighted by Crippen LogP contribution is 2.29. The first kappa shape index (κ1) is 26.4. The van der Waals surface area contributed by atoms with Crippen LogP contribution >= 0.6 is 0 Å². The summed E-state index contributed by atoms with van der Waals surface area (Å²) in [5.41, 5.74) is 3.17. The maximum Gasteiger partial charge on any atom is 0.410 e. The number of pyridine rings is 2. The number of anilines is 2. The summed E-state index contributed by atoms with van der Waals surface area (Å²) in [6.45, 7) is 9.15. The summed E-state index contributed by atoms with van der Waals surface area (Å²) in [6, 6.07) is 11.0. The molecule has 4 aromatic rings. The van der Waals surface area contributed by atoms with Gasteiger partial charge in [-0.05, 0) is 56.2 Å². The molecule has 0 bridgehead atoms. The Morgan fingerprint density at radius 1 is 1.10 bits per heavy atom. The minimum atomic E-state index is -0.498. The third-order valence-electron chi connectivity index (χ3n) is 6.33. The molecule has 4 heterocycles. The van der Waals surface area contributed by atoms with Crippen LogP contribution in [0.2, 0.25) is 0 Å². The van der Waals surface area contributed by atoms with Gasteiger partial charge in [0.2, 0.25) is 11.8 Å². The molecule has 0 unspecified atom stereocenters. The van der Waals surface area contributed by atoms with Gasteiger partial charge in [-0.25, -0.2) is 24.1 Å². The normalized spacial score (nSPS) is 14.4. The molecule has 1 aromatic carbocycles. The molecule has 204 valence electrons. The van der Waals surface area contributed by atoms with Crippen LogP contribution in [0, 0.1) is 5.82 Å². The highest BCUT2D eigenvalue weighted by atomic mass is 19.1. The average molecular weight is 534 g/mol. The SMILES string of the molecule is COc1cc(-c2ccc3nc(Nc4cc(CN5CCN(C(=O)OC(C)(C)C)CC5)ccn4)[nH]c3c2)c(F)cn1. The Hall–Kier alpha value is -4.25. The second kappa shape index (κ2) is 10.9. The molecule has 0 aliphatic carbocycles. The lowest BCUT2D eigenvalue weighted by Gasteiger charge is -2.35. The molecular formula is C28H32FN7O3. The Labute approximate surface area is 226 Å². The van der Waals surface area contributed by atoms with Gasteiger partial charge in [-0.15, -0.1) is 0 Å². The summed E-state index contributed by atoms with van der Waals surface area (Å²) >= 11 is 0. The summed E-state index contributed by atoms with van der Waals surface area (Å²) in [7, 11) is 1.50. The molecule has 0 spiro atoms. The number of hydrogen-bond acceptors (Lipinski definition) is 8. The van der Waals surface area contributed by atoms with Gasteiger partial charge in [0.05, 0.1) is 24.3 Å². The minimum Gasteiger partial charge on any atom is -0.481 e. The fourth-order valence-corrected chi connectivity index (χ4v) is 4.42. The van der Waals surface area contributed by atoms with Gasteiger partial charge >= 0.3 is 6.09 Å². The van der Waals surface area contributed by atoms with E-state index in [2.05, 4.69) is 30.2 Å². The standard InChI is InChI=1S/C28H32FN7O3/c1-28(2,3)39-27(37)36-11-9-35(10-12-36)17-18-7-8-30-24(13-18)34-26-32-22-6-5-19(14-23(22)33-26)20-15-25(38-4)31-16-21(20)29/h5-8,13-16H,9-12,17H2,1-4H3,(H2,30,32,33,34). The molecule has 39 heavy (non-hydrogen) atoms. The molecule has 0 atom stereocenters. The summed E-state index contributed by atoms with van der Waals surface area (Å²) in [6.07, 6.45) is 2.65. The maximum atomic E-state index is 14.4. The van der Waals surface area contributed by atoms with Gasteiger partial charge in [0.25, 0.3) is 0 Å². The smallest absolute Gasteiger partial charge is 0.410 e. The van der Waals surface area contributed by atoms with E-state index in [0.717, 1.165) is 42.4 Å². The van der Waals surface area contributed by atoms with Crippen LogP contribution in [0.25, 0.3) is 22.2 Å². The maximum absolute atomic E-state index is 14.4. The Kier molecular flexibility index (Phi) is 7.34. The fourth-order valence-electron chi connectivity index (χ4n) is 4.42. The molecule has 10 nitrogen and oxygen atoms in total. The summed E-state index contributed by atoms with van der Waals surface area (Å²) in [4.78, 5) is 32.6. The van der Waals surface area contributed by atoms with Crippen molar-refractivity contribution in [1.82, 2.24) is 29.7 Å². The van der Waals surface area contributed by atoms with Gasteiger partial charge in [-0.2, -0.15) is 0 Å². The lowest BCUT2D eigenvalue weighted by Crippen LogP contribution is -2.49. The van der Waals surface area contributed by atoms with E-state index in [9.17, 15) is 9.18 Å². The lowest BCUT2D eigenvalue weighted by atomic mass is 10.1. The van der Waals surface area contributed by atoms with E-state index in [1.165, 1.54) is 7.11 Å². The van der Waals surface area contributed by atoms with E-state index in [4.69, 9.17) is 9.47 Å². The van der Waals surface area contributed by atoms with E-state index in [-0.39, 0.29) is 6.09 Å². The van der Waals surface area contributed by atoms with E-state index in [1.54, 1.807) is 17.2 Å². The number of carbonyl (C=O) groups excluding carboxylic acids is 1. The van der Waals surface area contributed by atoms with E-state index in [0.29, 0.717) is 41.9 Å². The molecule has 3 aromatic heterocycles. The van der Waals surface area contributed by atoms with Crippen molar-refractivity contribution in [3.63, 3.8) is 0 Å². The van der Waals surface area contributed by atoms with Crippen LogP contribution in [0.1, 0.15) is 26.3 Å². The van der Waals surface area contributed by atoms with Crippen molar-refractivity contribution in [3.05, 3.63) is 60.2 Å². The Balaban J connectivity index is 1.23. The highest BCUT2D eigenvalue weighted by molar-refractivity contribution is 5.84. The number of imidazole rings is 1. The van der Waals surface area contributed by atoms with Gasteiger partial charge in [-0.3, -0.25) is 4.90 Å². The number of methoxy groups -OCH3 is 1. The van der Waals surface area contributed by atoms with Crippen molar-refractivity contribution < 1.29 is 18.7 Å². The van der Waals surface area contributed by atoms with Crippen molar-refractivity contribution in [3.8, 4) is 17.0 Å². The van der Waals surface area contributed by atoms with Crippen molar-refractivity contribution in [1.29, 1.82) is 0 Å². The number of nitrogens with zero attached hydrogens (tertiary/aromatic N) is 5. The first-order chi connectivity index (χ1) is 18.7. The molecule has 2 N–H and O–H groups in total. The average Bonchev–Trinajstić information content (AvgIpc) is 3.30. The minimum absolute atomic E-state index is 0.263. The van der Waals surface area contributed by atoms with Crippen molar-refractivity contribution in [2.24, 2.45) is 0 Å². The van der Waals surface area contributed by atoms with Crippen molar-refractivity contribution >= 4 is 28.9 Å². The van der Waals surface area contributed by atoms with Crippen LogP contribution < -0.4 is 10.1 Å². The highest BCUT2D eigenvalue weighted by Gasteiger charge is 2.25. The number of aromatic amines is 1. The molecule has 11 heteroatoms. The predicted molar refractivity (Wildman–Crippen MR) is 146 cm³/mol.